The Hall–Kier alpha value is -0.0400. The molecule has 1 rings (SSSR count). The Morgan fingerprint density at radius 2 is 2.00 bits per heavy atom. The van der Waals surface area contributed by atoms with Crippen molar-refractivity contribution >= 4 is 0 Å². The highest BCUT2D eigenvalue weighted by atomic mass is 14.6. The zero-order chi connectivity index (χ0) is 10.4. The van der Waals surface area contributed by atoms with E-state index in [1.165, 1.54) is 51.4 Å². The van der Waals surface area contributed by atoms with E-state index >= 15 is 0 Å². The number of hydrogen-bond donors (Lipinski definition) is 1. The maximum absolute atomic E-state index is 6.07. The molecule has 3 atom stereocenters. The van der Waals surface area contributed by atoms with Crippen LogP contribution in [0.3, 0.4) is 0 Å². The molecule has 3 unspecified atom stereocenters. The summed E-state index contributed by atoms with van der Waals surface area (Å²) >= 11 is 0. The average molecular weight is 197 g/mol. The first-order valence-corrected chi connectivity index (χ1v) is 6.48. The van der Waals surface area contributed by atoms with Gasteiger partial charge in [0.25, 0.3) is 0 Å². The van der Waals surface area contributed by atoms with Crippen molar-refractivity contribution in [2.24, 2.45) is 17.6 Å². The Morgan fingerprint density at radius 1 is 1.29 bits per heavy atom. The molecule has 2 N–H and O–H groups in total. The molecule has 84 valence electrons. The van der Waals surface area contributed by atoms with Crippen LogP contribution in [-0.2, 0) is 0 Å². The molecule has 1 nitrogen and oxygen atoms in total. The third kappa shape index (κ3) is 4.45. The van der Waals surface area contributed by atoms with Gasteiger partial charge < -0.3 is 5.73 Å². The second-order valence-corrected chi connectivity index (χ2v) is 5.28. The van der Waals surface area contributed by atoms with Gasteiger partial charge in [0.1, 0.15) is 0 Å². The van der Waals surface area contributed by atoms with Crippen molar-refractivity contribution in [3.8, 4) is 0 Å². The van der Waals surface area contributed by atoms with Crippen LogP contribution in [0.2, 0.25) is 0 Å². The third-order valence-electron chi connectivity index (χ3n) is 3.59. The fourth-order valence-corrected chi connectivity index (χ4v) is 2.90. The van der Waals surface area contributed by atoms with E-state index in [0.717, 1.165) is 11.8 Å². The molecular weight excluding hydrogens is 170 g/mol. The van der Waals surface area contributed by atoms with Gasteiger partial charge in [0.05, 0.1) is 0 Å². The van der Waals surface area contributed by atoms with E-state index < -0.39 is 0 Å². The minimum Gasteiger partial charge on any atom is -0.328 e. The van der Waals surface area contributed by atoms with Crippen LogP contribution in [0, 0.1) is 11.8 Å². The SMILES string of the molecule is CCCC(C)CC1CCCCC(N)C1. The van der Waals surface area contributed by atoms with Crippen LogP contribution >= 0.6 is 0 Å². The standard InChI is InChI=1S/C13H27N/c1-3-6-11(2)9-12-7-4-5-8-13(14)10-12/h11-13H,3-10,14H2,1-2H3. The topological polar surface area (TPSA) is 26.0 Å². The summed E-state index contributed by atoms with van der Waals surface area (Å²) in [6.07, 6.45) is 10.9. The van der Waals surface area contributed by atoms with Crippen molar-refractivity contribution in [1.82, 2.24) is 0 Å². The molecule has 0 aromatic heterocycles. The Bertz CT molecular complexity index is 144. The summed E-state index contributed by atoms with van der Waals surface area (Å²) < 4.78 is 0. The molecular formula is C13H27N. The minimum absolute atomic E-state index is 0.497. The van der Waals surface area contributed by atoms with Gasteiger partial charge in [0, 0.05) is 6.04 Å². The third-order valence-corrected chi connectivity index (χ3v) is 3.59. The number of nitrogens with two attached hydrogens (primary N) is 1. The Morgan fingerprint density at radius 3 is 2.71 bits per heavy atom. The van der Waals surface area contributed by atoms with E-state index in [1.54, 1.807) is 0 Å². The van der Waals surface area contributed by atoms with Gasteiger partial charge in [-0.15, -0.1) is 0 Å². The molecule has 0 heterocycles. The number of rotatable bonds is 4. The summed E-state index contributed by atoms with van der Waals surface area (Å²) in [5, 5.41) is 0. The van der Waals surface area contributed by atoms with Crippen molar-refractivity contribution in [2.45, 2.75) is 71.3 Å². The van der Waals surface area contributed by atoms with E-state index in [0.29, 0.717) is 6.04 Å². The Labute approximate surface area is 89.5 Å². The Balaban J connectivity index is 2.27. The van der Waals surface area contributed by atoms with Crippen LogP contribution in [0.5, 0.6) is 0 Å². The fourth-order valence-electron chi connectivity index (χ4n) is 2.90. The molecule has 0 radical (unpaired) electrons. The lowest BCUT2D eigenvalue weighted by atomic mass is 9.87. The molecule has 1 heteroatoms. The van der Waals surface area contributed by atoms with Crippen molar-refractivity contribution in [2.75, 3.05) is 0 Å². The summed E-state index contributed by atoms with van der Waals surface area (Å²) in [7, 11) is 0. The maximum Gasteiger partial charge on any atom is 0.00414 e. The van der Waals surface area contributed by atoms with Gasteiger partial charge in [-0.25, -0.2) is 0 Å². The first-order valence-electron chi connectivity index (χ1n) is 6.48. The molecule has 1 saturated carbocycles. The van der Waals surface area contributed by atoms with Crippen LogP contribution in [0.4, 0.5) is 0 Å². The number of hydrogen-bond acceptors (Lipinski definition) is 1. The minimum atomic E-state index is 0.497. The zero-order valence-corrected chi connectivity index (χ0v) is 9.97. The van der Waals surface area contributed by atoms with Gasteiger partial charge >= 0.3 is 0 Å². The molecule has 0 amide bonds. The molecule has 1 aliphatic rings. The summed E-state index contributed by atoms with van der Waals surface area (Å²) in [6, 6.07) is 0.497. The van der Waals surface area contributed by atoms with Crippen molar-refractivity contribution < 1.29 is 0 Å². The predicted octanol–water partition coefficient (Wildman–Crippen LogP) is 3.72. The van der Waals surface area contributed by atoms with Crippen molar-refractivity contribution in [3.05, 3.63) is 0 Å². The molecule has 1 aliphatic carbocycles. The monoisotopic (exact) mass is 197 g/mol. The molecule has 1 fully saturated rings. The lowest BCUT2D eigenvalue weighted by molar-refractivity contribution is 0.330. The van der Waals surface area contributed by atoms with Crippen LogP contribution in [0.25, 0.3) is 0 Å². The van der Waals surface area contributed by atoms with E-state index in [1.807, 2.05) is 0 Å². The molecule has 0 aliphatic heterocycles. The highest BCUT2D eigenvalue weighted by Crippen LogP contribution is 2.28. The lowest BCUT2D eigenvalue weighted by Gasteiger charge is -2.20. The second kappa shape index (κ2) is 6.44. The first-order chi connectivity index (χ1) is 6.72. The van der Waals surface area contributed by atoms with Gasteiger partial charge in [-0.2, -0.15) is 0 Å². The summed E-state index contributed by atoms with van der Waals surface area (Å²) in [4.78, 5) is 0. The van der Waals surface area contributed by atoms with Gasteiger partial charge in [0.15, 0.2) is 0 Å². The molecule has 0 aromatic rings. The quantitative estimate of drug-likeness (QED) is 0.683. The Kier molecular flexibility index (Phi) is 5.54. The predicted molar refractivity (Wildman–Crippen MR) is 63.2 cm³/mol. The second-order valence-electron chi connectivity index (χ2n) is 5.28. The van der Waals surface area contributed by atoms with Crippen LogP contribution in [0.1, 0.15) is 65.2 Å². The fraction of sp³-hybridized carbons (Fsp3) is 1.00. The van der Waals surface area contributed by atoms with Crippen molar-refractivity contribution in [1.29, 1.82) is 0 Å². The molecule has 14 heavy (non-hydrogen) atoms. The summed E-state index contributed by atoms with van der Waals surface area (Å²) in [5.41, 5.74) is 6.07. The maximum atomic E-state index is 6.07. The van der Waals surface area contributed by atoms with Gasteiger partial charge in [-0.05, 0) is 31.1 Å². The van der Waals surface area contributed by atoms with Crippen LogP contribution in [0.15, 0.2) is 0 Å². The van der Waals surface area contributed by atoms with E-state index in [2.05, 4.69) is 13.8 Å². The smallest absolute Gasteiger partial charge is 0.00414 e. The van der Waals surface area contributed by atoms with E-state index in [9.17, 15) is 0 Å². The van der Waals surface area contributed by atoms with Crippen LogP contribution in [-0.4, -0.2) is 6.04 Å². The normalized spacial score (nSPS) is 31.1. The average Bonchev–Trinajstić information content (AvgIpc) is 2.30. The largest absolute Gasteiger partial charge is 0.328 e. The first kappa shape index (κ1) is 12.0. The van der Waals surface area contributed by atoms with Gasteiger partial charge in [-0.3, -0.25) is 0 Å². The molecule has 0 aromatic carbocycles. The lowest BCUT2D eigenvalue weighted by Crippen LogP contribution is -2.22. The summed E-state index contributed by atoms with van der Waals surface area (Å²) in [5.74, 6) is 1.84. The molecule has 0 spiro atoms. The molecule has 0 saturated heterocycles. The molecule has 0 bridgehead atoms. The van der Waals surface area contributed by atoms with Crippen LogP contribution < -0.4 is 5.73 Å². The van der Waals surface area contributed by atoms with E-state index in [4.69, 9.17) is 5.73 Å². The van der Waals surface area contributed by atoms with Gasteiger partial charge in [0.2, 0.25) is 0 Å². The van der Waals surface area contributed by atoms with Gasteiger partial charge in [-0.1, -0.05) is 46.0 Å². The highest BCUT2D eigenvalue weighted by Gasteiger charge is 2.19. The van der Waals surface area contributed by atoms with Crippen molar-refractivity contribution in [3.63, 3.8) is 0 Å². The zero-order valence-electron chi connectivity index (χ0n) is 9.97. The highest BCUT2D eigenvalue weighted by molar-refractivity contribution is 4.74. The van der Waals surface area contributed by atoms with E-state index in [-0.39, 0.29) is 0 Å². The summed E-state index contributed by atoms with van der Waals surface area (Å²) in [6.45, 7) is 4.69.